The van der Waals surface area contributed by atoms with Crippen molar-refractivity contribution in [2.24, 2.45) is 11.3 Å². The Balaban J connectivity index is 1.56. The summed E-state index contributed by atoms with van der Waals surface area (Å²) in [6.07, 6.45) is -6.33. The van der Waals surface area contributed by atoms with Crippen LogP contribution in [0.1, 0.15) is 58.3 Å². The minimum absolute atomic E-state index is 0.00323. The van der Waals surface area contributed by atoms with Crippen molar-refractivity contribution >= 4 is 11.9 Å². The molecule has 10 heteroatoms. The highest BCUT2D eigenvalue weighted by Gasteiger charge is 2.51. The molecule has 0 bridgehead atoms. The van der Waals surface area contributed by atoms with Gasteiger partial charge >= 0.3 is 11.9 Å². The molecule has 36 heavy (non-hydrogen) atoms. The maximum atomic E-state index is 12.7. The van der Waals surface area contributed by atoms with Crippen LogP contribution in [0, 0.1) is 11.3 Å². The molecule has 3 rings (SSSR count). The van der Waals surface area contributed by atoms with E-state index in [1.54, 1.807) is 13.8 Å². The number of fused-ring (bicyclic) bond motifs is 1. The van der Waals surface area contributed by atoms with Crippen LogP contribution in [0.4, 0.5) is 0 Å². The summed E-state index contributed by atoms with van der Waals surface area (Å²) >= 11 is 0. The molecule has 5 unspecified atom stereocenters. The highest BCUT2D eigenvalue weighted by Crippen LogP contribution is 2.36. The number of furan rings is 1. The molecule has 200 valence electrons. The number of hydrogen-bond acceptors (Lipinski definition) is 10. The lowest BCUT2D eigenvalue weighted by Crippen LogP contribution is -2.37. The van der Waals surface area contributed by atoms with Crippen molar-refractivity contribution in [3.63, 3.8) is 0 Å². The maximum absolute atomic E-state index is 12.7. The van der Waals surface area contributed by atoms with Crippen molar-refractivity contribution in [3.8, 4) is 0 Å². The molecule has 2 saturated heterocycles. The summed E-state index contributed by atoms with van der Waals surface area (Å²) in [5, 5.41) is 31.0. The second-order valence-electron chi connectivity index (χ2n) is 10.6. The van der Waals surface area contributed by atoms with Gasteiger partial charge in [0.05, 0.1) is 30.5 Å². The summed E-state index contributed by atoms with van der Waals surface area (Å²) in [6.45, 7) is 16.3. The maximum Gasteiger partial charge on any atom is 0.336 e. The lowest BCUT2D eigenvalue weighted by molar-refractivity contribution is -0.151. The Bertz CT molecular complexity index is 987. The van der Waals surface area contributed by atoms with Crippen molar-refractivity contribution in [2.75, 3.05) is 13.2 Å². The van der Waals surface area contributed by atoms with Gasteiger partial charge in [0.25, 0.3) is 0 Å². The molecule has 2 fully saturated rings. The van der Waals surface area contributed by atoms with Gasteiger partial charge in [-0.2, -0.15) is 0 Å². The SMILES string of the molecule is C=C(C(=O)O[C@@H]1COC2C1OC[C@@H]2OC(=O)C(=C)C(O)C(C)C)C(O)c1ccc(C(O)C(C)(C)C)o1. The molecule has 7 atom stereocenters. The largest absolute Gasteiger partial charge is 0.460 e. The zero-order chi connectivity index (χ0) is 26.9. The van der Waals surface area contributed by atoms with Crippen LogP contribution >= 0.6 is 0 Å². The molecule has 0 radical (unpaired) electrons. The fourth-order valence-corrected chi connectivity index (χ4v) is 3.95. The third-order valence-corrected chi connectivity index (χ3v) is 6.33. The molecular weight excluding hydrogens is 472 g/mol. The number of rotatable bonds is 9. The standard InChI is InChI=1S/C26H36O10/c1-12(2)19(27)13(3)24(30)35-17-10-32-22-18(11-33-21(17)22)36-25(31)14(4)20(28)15-8-9-16(34-15)23(29)26(5,6)7/h8-9,12,17-23,27-29H,3-4,10-11H2,1-2,5-7H3/t17-,18+,19?,20?,21?,22?,23?/m0/s1. The van der Waals surface area contributed by atoms with E-state index in [4.69, 9.17) is 23.4 Å². The van der Waals surface area contributed by atoms with E-state index in [1.807, 2.05) is 20.8 Å². The van der Waals surface area contributed by atoms with Crippen molar-refractivity contribution in [1.82, 2.24) is 0 Å². The van der Waals surface area contributed by atoms with E-state index in [0.29, 0.717) is 0 Å². The van der Waals surface area contributed by atoms with E-state index >= 15 is 0 Å². The number of hydrogen-bond donors (Lipinski definition) is 3. The average Bonchev–Trinajstić information content (AvgIpc) is 3.54. The first-order chi connectivity index (χ1) is 16.7. The Morgan fingerprint density at radius 3 is 1.86 bits per heavy atom. The van der Waals surface area contributed by atoms with E-state index in [2.05, 4.69) is 13.2 Å². The Kier molecular flexibility index (Phi) is 8.47. The summed E-state index contributed by atoms with van der Waals surface area (Å²) in [6, 6.07) is 3.00. The number of aliphatic hydroxyl groups is 3. The topological polar surface area (TPSA) is 145 Å². The molecule has 0 amide bonds. The van der Waals surface area contributed by atoms with Crippen molar-refractivity contribution in [2.45, 2.75) is 77.3 Å². The minimum atomic E-state index is -1.48. The first kappa shape index (κ1) is 28.1. The molecule has 3 heterocycles. The van der Waals surface area contributed by atoms with Crippen LogP contribution in [0.2, 0.25) is 0 Å². The molecule has 10 nitrogen and oxygen atoms in total. The minimum Gasteiger partial charge on any atom is -0.460 e. The van der Waals surface area contributed by atoms with Gasteiger partial charge in [-0.25, -0.2) is 9.59 Å². The molecule has 0 aliphatic carbocycles. The van der Waals surface area contributed by atoms with E-state index < -0.39 is 60.1 Å². The van der Waals surface area contributed by atoms with Gasteiger partial charge in [-0.05, 0) is 23.5 Å². The molecule has 0 aromatic carbocycles. The lowest BCUT2D eigenvalue weighted by Gasteiger charge is -2.23. The number of carbonyl (C=O) groups is 2. The normalized spacial score (nSPS) is 26.2. The molecule has 0 saturated carbocycles. The number of esters is 2. The molecule has 2 aliphatic heterocycles. The fraction of sp³-hybridized carbons (Fsp3) is 0.615. The average molecular weight is 509 g/mol. The molecule has 2 aliphatic rings. The second-order valence-corrected chi connectivity index (χ2v) is 10.6. The van der Waals surface area contributed by atoms with E-state index in [0.717, 1.165) is 0 Å². The third kappa shape index (κ3) is 5.90. The molecule has 1 aromatic rings. The van der Waals surface area contributed by atoms with Crippen LogP contribution in [-0.2, 0) is 28.5 Å². The molecular formula is C26H36O10. The Morgan fingerprint density at radius 2 is 1.39 bits per heavy atom. The van der Waals surface area contributed by atoms with Crippen LogP contribution in [0.3, 0.4) is 0 Å². The fourth-order valence-electron chi connectivity index (χ4n) is 3.95. The summed E-state index contributed by atoms with van der Waals surface area (Å²) in [7, 11) is 0. The quantitative estimate of drug-likeness (QED) is 0.335. The summed E-state index contributed by atoms with van der Waals surface area (Å²) in [4.78, 5) is 25.0. The van der Waals surface area contributed by atoms with Gasteiger partial charge in [-0.1, -0.05) is 47.8 Å². The predicted molar refractivity (Wildman–Crippen MR) is 126 cm³/mol. The molecule has 3 N–H and O–H groups in total. The predicted octanol–water partition coefficient (Wildman–Crippen LogP) is 2.14. The number of carbonyl (C=O) groups excluding carboxylic acids is 2. The Morgan fingerprint density at radius 1 is 0.917 bits per heavy atom. The lowest BCUT2D eigenvalue weighted by atomic mass is 9.88. The van der Waals surface area contributed by atoms with Crippen molar-refractivity contribution in [3.05, 3.63) is 48.0 Å². The first-order valence-electron chi connectivity index (χ1n) is 11.9. The van der Waals surface area contributed by atoms with Gasteiger partial charge in [-0.3, -0.25) is 0 Å². The zero-order valence-electron chi connectivity index (χ0n) is 21.3. The van der Waals surface area contributed by atoms with Gasteiger partial charge in [0.1, 0.15) is 35.9 Å². The van der Waals surface area contributed by atoms with Crippen LogP contribution in [0.25, 0.3) is 0 Å². The van der Waals surface area contributed by atoms with Crippen LogP contribution < -0.4 is 0 Å². The van der Waals surface area contributed by atoms with E-state index in [1.165, 1.54) is 12.1 Å². The number of aliphatic hydroxyl groups excluding tert-OH is 3. The van der Waals surface area contributed by atoms with Crippen LogP contribution in [0.5, 0.6) is 0 Å². The Labute approximate surface area is 210 Å². The van der Waals surface area contributed by atoms with Crippen LogP contribution in [-0.4, -0.2) is 71.0 Å². The van der Waals surface area contributed by atoms with Gasteiger partial charge in [0.15, 0.2) is 12.2 Å². The highest BCUT2D eigenvalue weighted by atomic mass is 16.7. The second kappa shape index (κ2) is 10.9. The molecule has 1 aromatic heterocycles. The summed E-state index contributed by atoms with van der Waals surface area (Å²) < 4.78 is 27.8. The van der Waals surface area contributed by atoms with Gasteiger partial charge in [0.2, 0.25) is 0 Å². The summed E-state index contributed by atoms with van der Waals surface area (Å²) in [5.74, 6) is -1.52. The van der Waals surface area contributed by atoms with Gasteiger partial charge < -0.3 is 38.7 Å². The first-order valence-corrected chi connectivity index (χ1v) is 11.9. The Hall–Kier alpha value is -2.50. The van der Waals surface area contributed by atoms with E-state index in [-0.39, 0.29) is 41.8 Å². The highest BCUT2D eigenvalue weighted by molar-refractivity contribution is 5.89. The van der Waals surface area contributed by atoms with Crippen molar-refractivity contribution < 1.29 is 48.3 Å². The van der Waals surface area contributed by atoms with Gasteiger partial charge in [-0.15, -0.1) is 0 Å². The summed E-state index contributed by atoms with van der Waals surface area (Å²) in [5.41, 5.74) is -0.801. The zero-order valence-corrected chi connectivity index (χ0v) is 21.3. The third-order valence-electron chi connectivity index (χ3n) is 6.33. The number of ether oxygens (including phenoxy) is 4. The van der Waals surface area contributed by atoms with Crippen LogP contribution in [0.15, 0.2) is 40.9 Å². The van der Waals surface area contributed by atoms with E-state index in [9.17, 15) is 24.9 Å². The monoisotopic (exact) mass is 508 g/mol. The van der Waals surface area contributed by atoms with Crippen molar-refractivity contribution in [1.29, 1.82) is 0 Å². The smallest absolute Gasteiger partial charge is 0.336 e. The van der Waals surface area contributed by atoms with Gasteiger partial charge in [0, 0.05) is 0 Å². The molecule has 0 spiro atoms.